The summed E-state index contributed by atoms with van der Waals surface area (Å²) < 4.78 is 11.7. The normalized spacial score (nSPS) is 11.7. The molecule has 140 valence electrons. The Morgan fingerprint density at radius 1 is 0.962 bits per heavy atom. The number of hydrogen-bond donors (Lipinski definition) is 1. The molecular weight excluding hydrogens is 326 g/mol. The van der Waals surface area contributed by atoms with Crippen LogP contribution in [0.25, 0.3) is 0 Å². The summed E-state index contributed by atoms with van der Waals surface area (Å²) in [5.41, 5.74) is 4.45. The Labute approximate surface area is 156 Å². The number of carbonyl (C=O) groups excluding carboxylic acids is 1. The van der Waals surface area contributed by atoms with Crippen LogP contribution in [0.2, 0.25) is 0 Å². The maximum absolute atomic E-state index is 12.4. The molecule has 4 nitrogen and oxygen atoms in total. The second-order valence-electron chi connectivity index (χ2n) is 6.69. The first kappa shape index (κ1) is 19.8. The number of nitrogens with one attached hydrogen (secondary N) is 1. The number of ether oxygens (including phenoxy) is 2. The molecule has 0 saturated carbocycles. The number of carbonyl (C=O) groups is 1. The third kappa shape index (κ3) is 5.51. The van der Waals surface area contributed by atoms with Gasteiger partial charge in [0.1, 0.15) is 18.1 Å². The molecule has 0 aliphatic heterocycles. The summed E-state index contributed by atoms with van der Waals surface area (Å²) in [6, 6.07) is 12.1. The van der Waals surface area contributed by atoms with Crippen LogP contribution in [0.3, 0.4) is 0 Å². The van der Waals surface area contributed by atoms with E-state index in [1.807, 2.05) is 58.0 Å². The average molecular weight is 355 g/mol. The van der Waals surface area contributed by atoms with Crippen molar-refractivity contribution in [2.75, 3.05) is 13.2 Å². The van der Waals surface area contributed by atoms with Crippen molar-refractivity contribution in [1.29, 1.82) is 0 Å². The first-order valence-electron chi connectivity index (χ1n) is 9.12. The predicted molar refractivity (Wildman–Crippen MR) is 105 cm³/mol. The van der Waals surface area contributed by atoms with Crippen molar-refractivity contribution in [1.82, 2.24) is 5.32 Å². The Hall–Kier alpha value is -2.49. The molecule has 2 aromatic carbocycles. The standard InChI is InChI=1S/C22H29NO3/c1-6-19(26-21-14-16(3)7-9-17(21)4)22(24)23-11-12-25-20-10-8-15(2)13-18(20)5/h7-10,13-14,19H,6,11-12H2,1-5H3,(H,23,24)/t19-/m1/s1. The molecule has 2 aromatic rings. The first-order valence-corrected chi connectivity index (χ1v) is 9.12. The molecule has 0 aliphatic rings. The van der Waals surface area contributed by atoms with E-state index in [2.05, 4.69) is 18.3 Å². The van der Waals surface area contributed by atoms with Gasteiger partial charge in [0.2, 0.25) is 0 Å². The molecule has 0 spiro atoms. The van der Waals surface area contributed by atoms with E-state index in [1.54, 1.807) is 0 Å². The van der Waals surface area contributed by atoms with E-state index in [9.17, 15) is 4.79 Å². The number of rotatable bonds is 8. The van der Waals surface area contributed by atoms with Crippen LogP contribution in [-0.4, -0.2) is 25.2 Å². The lowest BCUT2D eigenvalue weighted by Crippen LogP contribution is -2.39. The molecule has 2 rings (SSSR count). The Morgan fingerprint density at radius 3 is 2.35 bits per heavy atom. The van der Waals surface area contributed by atoms with Crippen molar-refractivity contribution in [3.63, 3.8) is 0 Å². The minimum atomic E-state index is -0.503. The second-order valence-corrected chi connectivity index (χ2v) is 6.69. The number of hydrogen-bond acceptors (Lipinski definition) is 3. The van der Waals surface area contributed by atoms with E-state index in [1.165, 1.54) is 5.56 Å². The van der Waals surface area contributed by atoms with E-state index < -0.39 is 6.10 Å². The van der Waals surface area contributed by atoms with Gasteiger partial charge in [0, 0.05) is 0 Å². The van der Waals surface area contributed by atoms with Crippen LogP contribution >= 0.6 is 0 Å². The van der Waals surface area contributed by atoms with Gasteiger partial charge in [-0.15, -0.1) is 0 Å². The molecule has 0 saturated heterocycles. The Kier molecular flexibility index (Phi) is 7.07. The van der Waals surface area contributed by atoms with Crippen molar-refractivity contribution < 1.29 is 14.3 Å². The predicted octanol–water partition coefficient (Wildman–Crippen LogP) is 4.27. The van der Waals surface area contributed by atoms with Gasteiger partial charge in [-0.1, -0.05) is 36.8 Å². The van der Waals surface area contributed by atoms with E-state index in [0.29, 0.717) is 19.6 Å². The Morgan fingerprint density at radius 2 is 1.65 bits per heavy atom. The van der Waals surface area contributed by atoms with Gasteiger partial charge in [-0.2, -0.15) is 0 Å². The third-order valence-corrected chi connectivity index (χ3v) is 4.27. The molecule has 4 heteroatoms. The van der Waals surface area contributed by atoms with Gasteiger partial charge in [0.15, 0.2) is 6.10 Å². The van der Waals surface area contributed by atoms with Crippen molar-refractivity contribution in [2.45, 2.75) is 47.1 Å². The highest BCUT2D eigenvalue weighted by atomic mass is 16.5. The van der Waals surface area contributed by atoms with Gasteiger partial charge >= 0.3 is 0 Å². The quantitative estimate of drug-likeness (QED) is 0.719. The van der Waals surface area contributed by atoms with E-state index >= 15 is 0 Å². The summed E-state index contributed by atoms with van der Waals surface area (Å²) in [7, 11) is 0. The molecule has 26 heavy (non-hydrogen) atoms. The fourth-order valence-corrected chi connectivity index (χ4v) is 2.72. The van der Waals surface area contributed by atoms with Crippen LogP contribution in [-0.2, 0) is 4.79 Å². The molecular formula is C22H29NO3. The molecule has 1 amide bonds. The number of benzene rings is 2. The van der Waals surface area contributed by atoms with Crippen molar-refractivity contribution in [3.05, 3.63) is 58.7 Å². The van der Waals surface area contributed by atoms with Crippen LogP contribution in [0, 0.1) is 27.7 Å². The first-order chi connectivity index (χ1) is 12.4. The van der Waals surface area contributed by atoms with Gasteiger partial charge < -0.3 is 14.8 Å². The van der Waals surface area contributed by atoms with E-state index in [-0.39, 0.29) is 5.91 Å². The maximum atomic E-state index is 12.4. The van der Waals surface area contributed by atoms with Crippen molar-refractivity contribution >= 4 is 5.91 Å². The molecule has 0 heterocycles. The lowest BCUT2D eigenvalue weighted by atomic mass is 10.1. The van der Waals surface area contributed by atoms with Crippen molar-refractivity contribution in [3.8, 4) is 11.5 Å². The summed E-state index contributed by atoms with van der Waals surface area (Å²) in [6.07, 6.45) is 0.105. The Bertz CT molecular complexity index is 755. The summed E-state index contributed by atoms with van der Waals surface area (Å²) in [5.74, 6) is 1.50. The lowest BCUT2D eigenvalue weighted by Gasteiger charge is -2.19. The summed E-state index contributed by atoms with van der Waals surface area (Å²) in [5, 5.41) is 2.90. The number of aryl methyl sites for hydroxylation is 4. The van der Waals surface area contributed by atoms with Crippen LogP contribution in [0.15, 0.2) is 36.4 Å². The molecule has 0 aromatic heterocycles. The fourth-order valence-electron chi connectivity index (χ4n) is 2.72. The highest BCUT2D eigenvalue weighted by molar-refractivity contribution is 5.81. The molecule has 1 atom stereocenters. The SMILES string of the molecule is CC[C@@H](Oc1cc(C)ccc1C)C(=O)NCCOc1ccc(C)cc1C. The van der Waals surface area contributed by atoms with Crippen LogP contribution in [0.1, 0.15) is 35.6 Å². The zero-order valence-electron chi connectivity index (χ0n) is 16.4. The lowest BCUT2D eigenvalue weighted by molar-refractivity contribution is -0.128. The van der Waals surface area contributed by atoms with Crippen LogP contribution in [0.5, 0.6) is 11.5 Å². The zero-order chi connectivity index (χ0) is 19.1. The summed E-state index contributed by atoms with van der Waals surface area (Å²) in [4.78, 5) is 12.4. The smallest absolute Gasteiger partial charge is 0.261 e. The highest BCUT2D eigenvalue weighted by Crippen LogP contribution is 2.21. The van der Waals surface area contributed by atoms with Gasteiger partial charge in [-0.3, -0.25) is 4.79 Å². The van der Waals surface area contributed by atoms with Gasteiger partial charge in [-0.05, 0) is 62.9 Å². The molecule has 0 bridgehead atoms. The molecule has 1 N–H and O–H groups in total. The Balaban J connectivity index is 1.84. The van der Waals surface area contributed by atoms with Gasteiger partial charge in [0.05, 0.1) is 6.54 Å². The zero-order valence-corrected chi connectivity index (χ0v) is 16.4. The monoisotopic (exact) mass is 355 g/mol. The van der Waals surface area contributed by atoms with Crippen molar-refractivity contribution in [2.24, 2.45) is 0 Å². The molecule has 0 fully saturated rings. The van der Waals surface area contributed by atoms with E-state index in [4.69, 9.17) is 9.47 Å². The maximum Gasteiger partial charge on any atom is 0.261 e. The molecule has 0 aliphatic carbocycles. The van der Waals surface area contributed by atoms with Gasteiger partial charge in [-0.25, -0.2) is 0 Å². The number of amides is 1. The van der Waals surface area contributed by atoms with Crippen LogP contribution < -0.4 is 14.8 Å². The van der Waals surface area contributed by atoms with E-state index in [0.717, 1.165) is 28.2 Å². The summed E-state index contributed by atoms with van der Waals surface area (Å²) in [6.45, 7) is 10.9. The fraction of sp³-hybridized carbons (Fsp3) is 0.409. The minimum absolute atomic E-state index is 0.113. The topological polar surface area (TPSA) is 47.6 Å². The average Bonchev–Trinajstić information content (AvgIpc) is 2.60. The highest BCUT2D eigenvalue weighted by Gasteiger charge is 2.18. The molecule has 0 unspecified atom stereocenters. The van der Waals surface area contributed by atoms with Crippen LogP contribution in [0.4, 0.5) is 0 Å². The van der Waals surface area contributed by atoms with Gasteiger partial charge in [0.25, 0.3) is 5.91 Å². The largest absolute Gasteiger partial charge is 0.491 e. The minimum Gasteiger partial charge on any atom is -0.491 e. The second kappa shape index (κ2) is 9.27. The molecule has 0 radical (unpaired) electrons. The summed E-state index contributed by atoms with van der Waals surface area (Å²) >= 11 is 0. The third-order valence-electron chi connectivity index (χ3n) is 4.27.